The minimum Gasteiger partial charge on any atom is -0.481 e. The van der Waals surface area contributed by atoms with Gasteiger partial charge in [0.25, 0.3) is 0 Å². The largest absolute Gasteiger partial charge is 0.481 e. The van der Waals surface area contributed by atoms with Crippen molar-refractivity contribution < 1.29 is 9.90 Å². The molecule has 18 heavy (non-hydrogen) atoms. The minimum atomic E-state index is -0.761. The van der Waals surface area contributed by atoms with Crippen molar-refractivity contribution in [2.45, 2.75) is 40.3 Å². The molecule has 1 aromatic rings. The highest BCUT2D eigenvalue weighted by Gasteiger charge is 2.17. The molecule has 1 atom stereocenters. The van der Waals surface area contributed by atoms with E-state index in [1.165, 1.54) is 0 Å². The molecular formula is C12H22N4O2. The molecule has 0 fully saturated rings. The van der Waals surface area contributed by atoms with Crippen LogP contribution in [-0.4, -0.2) is 43.8 Å². The third kappa shape index (κ3) is 4.10. The molecule has 1 unspecified atom stereocenters. The van der Waals surface area contributed by atoms with Crippen LogP contribution in [0.2, 0.25) is 0 Å². The van der Waals surface area contributed by atoms with Crippen molar-refractivity contribution in [3.63, 3.8) is 0 Å². The van der Waals surface area contributed by atoms with Gasteiger partial charge in [0, 0.05) is 13.1 Å². The molecule has 0 saturated heterocycles. The molecule has 0 aliphatic heterocycles. The number of carboxylic acid groups (broad SMARTS) is 1. The van der Waals surface area contributed by atoms with Crippen LogP contribution in [0.3, 0.4) is 0 Å². The summed E-state index contributed by atoms with van der Waals surface area (Å²) in [5.41, 5.74) is 0. The Bertz CT molecular complexity index is 378. The Hall–Kier alpha value is -1.43. The summed E-state index contributed by atoms with van der Waals surface area (Å²) in [6, 6.07) is 0. The zero-order valence-corrected chi connectivity index (χ0v) is 11.3. The lowest BCUT2D eigenvalue weighted by Crippen LogP contribution is -2.32. The third-order valence-electron chi connectivity index (χ3n) is 2.90. The second-order valence-corrected chi connectivity index (χ2v) is 4.47. The molecule has 1 N–H and O–H groups in total. The summed E-state index contributed by atoms with van der Waals surface area (Å²) in [5, 5.41) is 13.1. The highest BCUT2D eigenvalue weighted by molar-refractivity contribution is 5.69. The Kier molecular flexibility index (Phi) is 5.77. The van der Waals surface area contributed by atoms with E-state index in [2.05, 4.69) is 21.9 Å². The van der Waals surface area contributed by atoms with Crippen LogP contribution < -0.4 is 0 Å². The summed E-state index contributed by atoms with van der Waals surface area (Å²) in [5.74, 6) is -0.229. The fourth-order valence-corrected chi connectivity index (χ4v) is 1.78. The van der Waals surface area contributed by atoms with E-state index in [-0.39, 0.29) is 5.92 Å². The van der Waals surface area contributed by atoms with E-state index < -0.39 is 5.97 Å². The number of hydrogen-bond donors (Lipinski definition) is 1. The van der Waals surface area contributed by atoms with Crippen LogP contribution in [0.25, 0.3) is 0 Å². The maximum Gasteiger partial charge on any atom is 0.307 e. The van der Waals surface area contributed by atoms with Crippen molar-refractivity contribution in [1.29, 1.82) is 0 Å². The van der Waals surface area contributed by atoms with Gasteiger partial charge in [0.2, 0.25) is 0 Å². The minimum absolute atomic E-state index is 0.368. The van der Waals surface area contributed by atoms with E-state index in [1.54, 1.807) is 13.3 Å². The molecular weight excluding hydrogens is 232 g/mol. The van der Waals surface area contributed by atoms with Crippen molar-refractivity contribution in [1.82, 2.24) is 19.7 Å². The number of aromatic nitrogens is 3. The number of rotatable bonds is 8. The molecule has 0 aromatic carbocycles. The summed E-state index contributed by atoms with van der Waals surface area (Å²) >= 11 is 0. The van der Waals surface area contributed by atoms with Crippen LogP contribution >= 0.6 is 0 Å². The Balaban J connectivity index is 2.61. The molecule has 1 aromatic heterocycles. The fraction of sp³-hybridized carbons (Fsp3) is 0.750. The summed E-state index contributed by atoms with van der Waals surface area (Å²) in [6.07, 6.45) is 2.56. The van der Waals surface area contributed by atoms with Gasteiger partial charge in [-0.1, -0.05) is 20.8 Å². The van der Waals surface area contributed by atoms with Crippen molar-refractivity contribution in [2.24, 2.45) is 5.92 Å². The van der Waals surface area contributed by atoms with Crippen molar-refractivity contribution in [2.75, 3.05) is 13.1 Å². The molecule has 0 saturated carbocycles. The second-order valence-electron chi connectivity index (χ2n) is 4.47. The molecule has 0 bridgehead atoms. The lowest BCUT2D eigenvalue weighted by molar-refractivity contribution is -0.141. The summed E-state index contributed by atoms with van der Waals surface area (Å²) in [6.45, 7) is 8.67. The number of hydrogen-bond acceptors (Lipinski definition) is 4. The van der Waals surface area contributed by atoms with Gasteiger partial charge in [-0.05, 0) is 13.0 Å². The Morgan fingerprint density at radius 2 is 2.28 bits per heavy atom. The highest BCUT2D eigenvalue weighted by atomic mass is 16.4. The Labute approximate surface area is 108 Å². The van der Waals surface area contributed by atoms with Gasteiger partial charge in [-0.2, -0.15) is 5.10 Å². The van der Waals surface area contributed by atoms with Crippen molar-refractivity contribution in [3.05, 3.63) is 12.2 Å². The first-order valence-corrected chi connectivity index (χ1v) is 6.40. The van der Waals surface area contributed by atoms with E-state index in [4.69, 9.17) is 5.11 Å². The Morgan fingerprint density at radius 1 is 1.56 bits per heavy atom. The highest BCUT2D eigenvalue weighted by Crippen LogP contribution is 2.06. The maximum absolute atomic E-state index is 10.9. The number of aliphatic carboxylic acids is 1. The summed E-state index contributed by atoms with van der Waals surface area (Å²) < 4.78 is 1.88. The molecule has 0 aliphatic carbocycles. The SMILES string of the molecule is CCCn1ncnc1CN(CC)CC(C)C(=O)O. The number of carbonyl (C=O) groups is 1. The van der Waals surface area contributed by atoms with Gasteiger partial charge >= 0.3 is 5.97 Å². The first-order valence-electron chi connectivity index (χ1n) is 6.40. The first kappa shape index (κ1) is 14.6. The van der Waals surface area contributed by atoms with Gasteiger partial charge in [-0.25, -0.2) is 9.67 Å². The standard InChI is InChI=1S/C12H22N4O2/c1-4-6-16-11(13-9-14-16)8-15(5-2)7-10(3)12(17)18/h9-10H,4-8H2,1-3H3,(H,17,18). The molecule has 0 amide bonds. The van der Waals surface area contributed by atoms with Crippen molar-refractivity contribution in [3.8, 4) is 0 Å². The van der Waals surface area contributed by atoms with Crippen LogP contribution in [0, 0.1) is 5.92 Å². The lowest BCUT2D eigenvalue weighted by Gasteiger charge is -2.22. The quantitative estimate of drug-likeness (QED) is 0.755. The van der Waals surface area contributed by atoms with E-state index >= 15 is 0 Å². The molecule has 1 rings (SSSR count). The van der Waals surface area contributed by atoms with Crippen LogP contribution in [-0.2, 0) is 17.9 Å². The van der Waals surface area contributed by atoms with Gasteiger partial charge in [0.1, 0.15) is 12.2 Å². The van der Waals surface area contributed by atoms with E-state index in [1.807, 2.05) is 11.6 Å². The molecule has 1 heterocycles. The molecule has 102 valence electrons. The maximum atomic E-state index is 10.9. The van der Waals surface area contributed by atoms with E-state index in [0.29, 0.717) is 13.1 Å². The average molecular weight is 254 g/mol. The number of carboxylic acids is 1. The monoisotopic (exact) mass is 254 g/mol. The lowest BCUT2D eigenvalue weighted by atomic mass is 10.1. The Morgan fingerprint density at radius 3 is 2.83 bits per heavy atom. The predicted molar refractivity (Wildman–Crippen MR) is 68.1 cm³/mol. The molecule has 0 radical (unpaired) electrons. The predicted octanol–water partition coefficient (Wildman–Crippen LogP) is 1.23. The van der Waals surface area contributed by atoms with Gasteiger partial charge in [-0.3, -0.25) is 9.69 Å². The van der Waals surface area contributed by atoms with Gasteiger partial charge in [-0.15, -0.1) is 0 Å². The second kappa shape index (κ2) is 7.10. The summed E-state index contributed by atoms with van der Waals surface area (Å²) in [4.78, 5) is 17.2. The summed E-state index contributed by atoms with van der Waals surface area (Å²) in [7, 11) is 0. The van der Waals surface area contributed by atoms with Crippen LogP contribution in [0.15, 0.2) is 6.33 Å². The zero-order chi connectivity index (χ0) is 13.5. The van der Waals surface area contributed by atoms with Crippen LogP contribution in [0.4, 0.5) is 0 Å². The van der Waals surface area contributed by atoms with Gasteiger partial charge < -0.3 is 5.11 Å². The zero-order valence-electron chi connectivity index (χ0n) is 11.3. The van der Waals surface area contributed by atoms with E-state index in [0.717, 1.165) is 25.3 Å². The first-order chi connectivity index (χ1) is 8.58. The fourth-order valence-electron chi connectivity index (χ4n) is 1.78. The topological polar surface area (TPSA) is 71.2 Å². The van der Waals surface area contributed by atoms with Crippen LogP contribution in [0.5, 0.6) is 0 Å². The van der Waals surface area contributed by atoms with Crippen LogP contribution in [0.1, 0.15) is 33.0 Å². The number of nitrogens with zero attached hydrogens (tertiary/aromatic N) is 4. The molecule has 0 aliphatic rings. The van der Waals surface area contributed by atoms with Gasteiger partial charge in [0.15, 0.2) is 0 Å². The average Bonchev–Trinajstić information content (AvgIpc) is 2.76. The molecule has 6 nitrogen and oxygen atoms in total. The molecule has 6 heteroatoms. The van der Waals surface area contributed by atoms with E-state index in [9.17, 15) is 4.79 Å². The van der Waals surface area contributed by atoms with Gasteiger partial charge in [0.05, 0.1) is 12.5 Å². The number of aryl methyl sites for hydroxylation is 1. The third-order valence-corrected chi connectivity index (χ3v) is 2.90. The van der Waals surface area contributed by atoms with Crippen molar-refractivity contribution >= 4 is 5.97 Å². The molecule has 0 spiro atoms. The normalized spacial score (nSPS) is 12.9. The smallest absolute Gasteiger partial charge is 0.307 e.